The molecule has 0 aliphatic rings. The SMILES string of the molecule is Cc1cccc(CNS(=O)(=O)c2cccc(CO)c2C)n1. The molecule has 0 amide bonds. The van der Waals surface area contributed by atoms with Crippen molar-refractivity contribution in [1.29, 1.82) is 0 Å². The Morgan fingerprint density at radius 3 is 2.52 bits per heavy atom. The van der Waals surface area contributed by atoms with Gasteiger partial charge >= 0.3 is 0 Å². The quantitative estimate of drug-likeness (QED) is 0.880. The lowest BCUT2D eigenvalue weighted by Gasteiger charge is -2.11. The van der Waals surface area contributed by atoms with Crippen LogP contribution >= 0.6 is 0 Å². The first-order chi connectivity index (χ1) is 9.94. The van der Waals surface area contributed by atoms with Crippen molar-refractivity contribution < 1.29 is 13.5 Å². The molecule has 0 atom stereocenters. The van der Waals surface area contributed by atoms with Gasteiger partial charge in [0.05, 0.1) is 23.7 Å². The number of aromatic nitrogens is 1. The third kappa shape index (κ3) is 3.66. The van der Waals surface area contributed by atoms with Crippen LogP contribution in [-0.4, -0.2) is 18.5 Å². The van der Waals surface area contributed by atoms with E-state index >= 15 is 0 Å². The molecule has 0 saturated carbocycles. The summed E-state index contributed by atoms with van der Waals surface area (Å²) in [6.45, 7) is 3.49. The Bertz CT molecular complexity index is 742. The lowest BCUT2D eigenvalue weighted by Crippen LogP contribution is -2.24. The molecule has 0 saturated heterocycles. The van der Waals surface area contributed by atoms with Crippen molar-refractivity contribution in [3.63, 3.8) is 0 Å². The van der Waals surface area contributed by atoms with Crippen molar-refractivity contribution in [2.24, 2.45) is 0 Å². The molecular formula is C15H18N2O3S. The minimum absolute atomic E-state index is 0.132. The van der Waals surface area contributed by atoms with E-state index in [9.17, 15) is 13.5 Å². The van der Waals surface area contributed by atoms with Gasteiger partial charge in [-0.15, -0.1) is 0 Å². The monoisotopic (exact) mass is 306 g/mol. The van der Waals surface area contributed by atoms with Crippen LogP contribution in [0.4, 0.5) is 0 Å². The molecule has 0 spiro atoms. The molecule has 2 rings (SSSR count). The van der Waals surface area contributed by atoms with Crippen LogP contribution in [0.15, 0.2) is 41.3 Å². The minimum atomic E-state index is -3.64. The normalized spacial score (nSPS) is 11.6. The number of rotatable bonds is 5. The molecule has 0 radical (unpaired) electrons. The molecule has 0 unspecified atom stereocenters. The number of aryl methyl sites for hydroxylation is 1. The predicted octanol–water partition coefficient (Wildman–Crippen LogP) is 1.67. The smallest absolute Gasteiger partial charge is 0.241 e. The number of aliphatic hydroxyl groups excluding tert-OH is 1. The largest absolute Gasteiger partial charge is 0.392 e. The highest BCUT2D eigenvalue weighted by molar-refractivity contribution is 7.89. The topological polar surface area (TPSA) is 79.3 Å². The van der Waals surface area contributed by atoms with Crippen molar-refractivity contribution in [3.05, 3.63) is 58.9 Å². The highest BCUT2D eigenvalue weighted by Gasteiger charge is 2.18. The molecule has 0 aliphatic heterocycles. The Morgan fingerprint density at radius 2 is 1.86 bits per heavy atom. The zero-order chi connectivity index (χ0) is 15.5. The Hall–Kier alpha value is -1.76. The van der Waals surface area contributed by atoms with Gasteiger partial charge in [-0.1, -0.05) is 18.2 Å². The molecule has 1 heterocycles. The van der Waals surface area contributed by atoms with Gasteiger partial charge in [-0.3, -0.25) is 4.98 Å². The Labute approximate surface area is 124 Å². The summed E-state index contributed by atoms with van der Waals surface area (Å²) in [5.41, 5.74) is 2.66. The summed E-state index contributed by atoms with van der Waals surface area (Å²) in [6.07, 6.45) is 0. The fourth-order valence-corrected chi connectivity index (χ4v) is 3.35. The first-order valence-corrected chi connectivity index (χ1v) is 8.04. The lowest BCUT2D eigenvalue weighted by molar-refractivity contribution is 0.280. The number of aliphatic hydroxyl groups is 1. The molecule has 0 bridgehead atoms. The van der Waals surface area contributed by atoms with E-state index in [2.05, 4.69) is 9.71 Å². The third-order valence-corrected chi connectivity index (χ3v) is 4.79. The molecule has 1 aromatic heterocycles. The van der Waals surface area contributed by atoms with Gasteiger partial charge < -0.3 is 5.11 Å². The van der Waals surface area contributed by atoms with E-state index in [-0.39, 0.29) is 18.0 Å². The van der Waals surface area contributed by atoms with Crippen molar-refractivity contribution in [2.75, 3.05) is 0 Å². The second-order valence-electron chi connectivity index (χ2n) is 4.79. The van der Waals surface area contributed by atoms with Gasteiger partial charge in [-0.05, 0) is 43.2 Å². The van der Waals surface area contributed by atoms with Crippen molar-refractivity contribution >= 4 is 10.0 Å². The first kappa shape index (κ1) is 15.6. The molecule has 2 N–H and O–H groups in total. The summed E-state index contributed by atoms with van der Waals surface area (Å²) >= 11 is 0. The number of hydrogen-bond acceptors (Lipinski definition) is 4. The van der Waals surface area contributed by atoms with Gasteiger partial charge in [0.15, 0.2) is 0 Å². The van der Waals surface area contributed by atoms with E-state index in [1.54, 1.807) is 25.1 Å². The minimum Gasteiger partial charge on any atom is -0.392 e. The fraction of sp³-hybridized carbons (Fsp3) is 0.267. The average Bonchev–Trinajstić information content (AvgIpc) is 2.45. The van der Waals surface area contributed by atoms with Crippen molar-refractivity contribution in [1.82, 2.24) is 9.71 Å². The number of nitrogens with one attached hydrogen (secondary N) is 1. The maximum absolute atomic E-state index is 12.4. The highest BCUT2D eigenvalue weighted by Crippen LogP contribution is 2.19. The Kier molecular flexibility index (Phi) is 4.72. The van der Waals surface area contributed by atoms with Crippen LogP contribution in [0.1, 0.15) is 22.5 Å². The van der Waals surface area contributed by atoms with Gasteiger partial charge in [0.2, 0.25) is 10.0 Å². The molecule has 0 fully saturated rings. The second-order valence-corrected chi connectivity index (χ2v) is 6.53. The molecule has 5 nitrogen and oxygen atoms in total. The van der Waals surface area contributed by atoms with Crippen LogP contribution in [0.3, 0.4) is 0 Å². The third-order valence-electron chi connectivity index (χ3n) is 3.25. The molecule has 112 valence electrons. The second kappa shape index (κ2) is 6.34. The lowest BCUT2D eigenvalue weighted by atomic mass is 10.1. The van der Waals surface area contributed by atoms with Gasteiger partial charge in [0.25, 0.3) is 0 Å². The van der Waals surface area contributed by atoms with Gasteiger partial charge in [0, 0.05) is 5.69 Å². The van der Waals surface area contributed by atoms with Crippen LogP contribution in [0.25, 0.3) is 0 Å². The number of pyridine rings is 1. The number of nitrogens with zero attached hydrogens (tertiary/aromatic N) is 1. The number of hydrogen-bond donors (Lipinski definition) is 2. The van der Waals surface area contributed by atoms with E-state index in [0.717, 1.165) is 5.69 Å². The van der Waals surface area contributed by atoms with Crippen LogP contribution < -0.4 is 4.72 Å². The summed E-state index contributed by atoms with van der Waals surface area (Å²) in [5.74, 6) is 0. The summed E-state index contributed by atoms with van der Waals surface area (Å²) in [7, 11) is -3.64. The molecule has 21 heavy (non-hydrogen) atoms. The fourth-order valence-electron chi connectivity index (χ4n) is 2.07. The molecular weight excluding hydrogens is 288 g/mol. The predicted molar refractivity (Wildman–Crippen MR) is 80.1 cm³/mol. The molecule has 0 aliphatic carbocycles. The van der Waals surface area contributed by atoms with E-state index in [4.69, 9.17) is 0 Å². The van der Waals surface area contributed by atoms with E-state index < -0.39 is 10.0 Å². The standard InChI is InChI=1S/C15H18N2O3S/c1-11-5-3-7-14(17-11)9-16-21(19,20)15-8-4-6-13(10-18)12(15)2/h3-8,16,18H,9-10H2,1-2H3. The van der Waals surface area contributed by atoms with E-state index in [0.29, 0.717) is 16.8 Å². The Morgan fingerprint density at radius 1 is 1.14 bits per heavy atom. The van der Waals surface area contributed by atoms with Gasteiger partial charge in [-0.2, -0.15) is 0 Å². The molecule has 1 aromatic carbocycles. The van der Waals surface area contributed by atoms with Crippen LogP contribution in [0.2, 0.25) is 0 Å². The summed E-state index contributed by atoms with van der Waals surface area (Å²) in [4.78, 5) is 4.44. The first-order valence-electron chi connectivity index (χ1n) is 6.55. The summed E-state index contributed by atoms with van der Waals surface area (Å²) < 4.78 is 27.3. The van der Waals surface area contributed by atoms with Crippen LogP contribution in [-0.2, 0) is 23.2 Å². The Balaban J connectivity index is 2.23. The molecule has 6 heteroatoms. The zero-order valence-corrected chi connectivity index (χ0v) is 12.8. The van der Waals surface area contributed by atoms with Gasteiger partial charge in [0.1, 0.15) is 0 Å². The van der Waals surface area contributed by atoms with E-state index in [1.165, 1.54) is 6.07 Å². The van der Waals surface area contributed by atoms with Crippen LogP contribution in [0.5, 0.6) is 0 Å². The summed E-state index contributed by atoms with van der Waals surface area (Å²) in [6, 6.07) is 10.3. The molecule has 2 aromatic rings. The van der Waals surface area contributed by atoms with Gasteiger partial charge in [-0.25, -0.2) is 13.1 Å². The average molecular weight is 306 g/mol. The van der Waals surface area contributed by atoms with Crippen LogP contribution in [0, 0.1) is 13.8 Å². The summed E-state index contributed by atoms with van der Waals surface area (Å²) in [5, 5.41) is 9.22. The number of benzene rings is 1. The van der Waals surface area contributed by atoms with E-state index in [1.807, 2.05) is 19.1 Å². The zero-order valence-electron chi connectivity index (χ0n) is 12.0. The maximum Gasteiger partial charge on any atom is 0.241 e. The number of sulfonamides is 1. The highest BCUT2D eigenvalue weighted by atomic mass is 32.2. The van der Waals surface area contributed by atoms with Crippen molar-refractivity contribution in [3.8, 4) is 0 Å². The van der Waals surface area contributed by atoms with Crippen molar-refractivity contribution in [2.45, 2.75) is 31.9 Å². The maximum atomic E-state index is 12.4.